The van der Waals surface area contributed by atoms with Crippen molar-refractivity contribution >= 4 is 11.7 Å². The highest BCUT2D eigenvalue weighted by Crippen LogP contribution is 2.50. The number of anilines is 1. The molecule has 1 heterocycles. The van der Waals surface area contributed by atoms with Gasteiger partial charge in [0, 0.05) is 11.5 Å². The summed E-state index contributed by atoms with van der Waals surface area (Å²) in [5.41, 5.74) is -0.448. The summed E-state index contributed by atoms with van der Waals surface area (Å²) in [6, 6.07) is 2.92. The summed E-state index contributed by atoms with van der Waals surface area (Å²) >= 11 is 0. The molecule has 0 atom stereocenters. The van der Waals surface area contributed by atoms with Crippen LogP contribution in [0.25, 0.3) is 0 Å². The second-order valence-corrected chi connectivity index (χ2v) is 5.52. The molecule has 0 saturated heterocycles. The number of nitrogens with zero attached hydrogens (tertiary/aromatic N) is 1. The van der Waals surface area contributed by atoms with E-state index < -0.39 is 0 Å². The Bertz CT molecular complexity index is 481. The van der Waals surface area contributed by atoms with Crippen LogP contribution in [0.2, 0.25) is 0 Å². The van der Waals surface area contributed by atoms with Gasteiger partial charge in [-0.25, -0.2) is 5.10 Å². The fourth-order valence-corrected chi connectivity index (χ4v) is 3.25. The minimum atomic E-state index is -0.260. The van der Waals surface area contributed by atoms with E-state index >= 15 is 0 Å². The molecule has 5 heteroatoms. The molecule has 96 valence electrons. The van der Waals surface area contributed by atoms with Gasteiger partial charge in [-0.05, 0) is 50.5 Å². The number of carbonyl (C=O) groups excluding carboxylic acids is 1. The SMILES string of the molecule is O=C(Nc1ccc(=O)[nH]n1)C12CCC(CC1)CC2. The number of aromatic amines is 1. The number of aromatic nitrogens is 2. The maximum absolute atomic E-state index is 12.4. The van der Waals surface area contributed by atoms with Crippen molar-refractivity contribution in [1.29, 1.82) is 0 Å². The highest BCUT2D eigenvalue weighted by atomic mass is 16.2. The van der Waals surface area contributed by atoms with Gasteiger partial charge in [0.25, 0.3) is 5.56 Å². The molecule has 0 aliphatic heterocycles. The lowest BCUT2D eigenvalue weighted by molar-refractivity contribution is -0.131. The molecule has 2 bridgehead atoms. The molecule has 0 radical (unpaired) electrons. The van der Waals surface area contributed by atoms with Crippen LogP contribution in [0.15, 0.2) is 16.9 Å². The third kappa shape index (κ3) is 1.94. The number of hydrogen-bond donors (Lipinski definition) is 2. The van der Waals surface area contributed by atoms with Crippen LogP contribution in [0, 0.1) is 11.3 Å². The Balaban J connectivity index is 1.74. The van der Waals surface area contributed by atoms with E-state index in [1.807, 2.05) is 0 Å². The fourth-order valence-electron chi connectivity index (χ4n) is 3.25. The number of rotatable bonds is 2. The zero-order chi connectivity index (χ0) is 12.6. The Labute approximate surface area is 105 Å². The predicted molar refractivity (Wildman–Crippen MR) is 67.1 cm³/mol. The molecule has 5 nitrogen and oxygen atoms in total. The summed E-state index contributed by atoms with van der Waals surface area (Å²) in [5, 5.41) is 8.99. The molecular weight excluding hydrogens is 230 g/mol. The molecule has 1 aromatic heterocycles. The first-order valence-electron chi connectivity index (χ1n) is 6.55. The monoisotopic (exact) mass is 247 g/mol. The number of H-pyrrole nitrogens is 1. The summed E-state index contributed by atoms with van der Waals surface area (Å²) in [6.45, 7) is 0. The third-order valence-corrected chi connectivity index (χ3v) is 4.50. The van der Waals surface area contributed by atoms with Crippen molar-refractivity contribution in [3.8, 4) is 0 Å². The lowest BCUT2D eigenvalue weighted by atomic mass is 9.60. The van der Waals surface area contributed by atoms with Crippen molar-refractivity contribution in [2.45, 2.75) is 38.5 Å². The Morgan fingerprint density at radius 2 is 1.94 bits per heavy atom. The highest BCUT2D eigenvalue weighted by Gasteiger charge is 2.45. The van der Waals surface area contributed by atoms with Crippen LogP contribution < -0.4 is 10.9 Å². The van der Waals surface area contributed by atoms with Gasteiger partial charge in [0.05, 0.1) is 0 Å². The zero-order valence-corrected chi connectivity index (χ0v) is 10.2. The van der Waals surface area contributed by atoms with E-state index in [4.69, 9.17) is 0 Å². The molecule has 1 amide bonds. The summed E-state index contributed by atoms with van der Waals surface area (Å²) in [7, 11) is 0. The van der Waals surface area contributed by atoms with Crippen molar-refractivity contribution in [2.24, 2.45) is 11.3 Å². The Morgan fingerprint density at radius 1 is 1.28 bits per heavy atom. The highest BCUT2D eigenvalue weighted by molar-refractivity contribution is 5.94. The number of carbonyl (C=O) groups is 1. The van der Waals surface area contributed by atoms with Gasteiger partial charge >= 0.3 is 0 Å². The van der Waals surface area contributed by atoms with E-state index in [1.165, 1.54) is 25.3 Å². The van der Waals surface area contributed by atoms with Crippen molar-refractivity contribution < 1.29 is 4.79 Å². The van der Waals surface area contributed by atoms with Crippen molar-refractivity contribution in [1.82, 2.24) is 10.2 Å². The number of nitrogens with one attached hydrogen (secondary N) is 2. The maximum Gasteiger partial charge on any atom is 0.264 e. The summed E-state index contributed by atoms with van der Waals surface area (Å²) in [6.07, 6.45) is 6.50. The molecule has 3 aliphatic rings. The van der Waals surface area contributed by atoms with Crippen LogP contribution in [0.5, 0.6) is 0 Å². The number of hydrogen-bond acceptors (Lipinski definition) is 3. The van der Waals surface area contributed by atoms with Crippen LogP contribution in [0.3, 0.4) is 0 Å². The average molecular weight is 247 g/mol. The van der Waals surface area contributed by atoms with Crippen LogP contribution in [0.1, 0.15) is 38.5 Å². The van der Waals surface area contributed by atoms with Crippen LogP contribution in [-0.4, -0.2) is 16.1 Å². The zero-order valence-electron chi connectivity index (χ0n) is 10.2. The molecule has 4 rings (SSSR count). The summed E-state index contributed by atoms with van der Waals surface area (Å²) in [5.74, 6) is 1.34. The maximum atomic E-state index is 12.4. The minimum Gasteiger partial charge on any atom is -0.309 e. The number of amides is 1. The molecular formula is C13H17N3O2. The molecule has 0 unspecified atom stereocenters. The van der Waals surface area contributed by atoms with Gasteiger partial charge in [0.2, 0.25) is 5.91 Å². The van der Waals surface area contributed by atoms with Crippen molar-refractivity contribution in [2.75, 3.05) is 5.32 Å². The first-order valence-corrected chi connectivity index (χ1v) is 6.55. The van der Waals surface area contributed by atoms with E-state index in [1.54, 1.807) is 6.07 Å². The van der Waals surface area contributed by atoms with Crippen molar-refractivity contribution in [3.63, 3.8) is 0 Å². The van der Waals surface area contributed by atoms with Crippen LogP contribution in [0.4, 0.5) is 5.82 Å². The summed E-state index contributed by atoms with van der Waals surface area (Å²) in [4.78, 5) is 23.3. The Hall–Kier alpha value is -1.65. The largest absolute Gasteiger partial charge is 0.309 e. The van der Waals surface area contributed by atoms with Gasteiger partial charge in [-0.3, -0.25) is 9.59 Å². The molecule has 0 spiro atoms. The molecule has 2 N–H and O–H groups in total. The van der Waals surface area contributed by atoms with E-state index in [0.29, 0.717) is 5.82 Å². The van der Waals surface area contributed by atoms with Gasteiger partial charge in [-0.15, -0.1) is 0 Å². The van der Waals surface area contributed by atoms with Crippen molar-refractivity contribution in [3.05, 3.63) is 22.5 Å². The second kappa shape index (κ2) is 4.23. The first kappa shape index (κ1) is 11.4. The fraction of sp³-hybridized carbons (Fsp3) is 0.615. The first-order chi connectivity index (χ1) is 8.68. The molecule has 3 aliphatic carbocycles. The second-order valence-electron chi connectivity index (χ2n) is 5.52. The van der Waals surface area contributed by atoms with E-state index in [-0.39, 0.29) is 16.9 Å². The normalized spacial score (nSPS) is 30.1. The average Bonchev–Trinajstić information content (AvgIpc) is 2.43. The summed E-state index contributed by atoms with van der Waals surface area (Å²) < 4.78 is 0. The van der Waals surface area contributed by atoms with Gasteiger partial charge in [-0.1, -0.05) is 0 Å². The quantitative estimate of drug-likeness (QED) is 0.835. The van der Waals surface area contributed by atoms with Crippen LogP contribution >= 0.6 is 0 Å². The molecule has 0 aromatic carbocycles. The molecule has 3 fully saturated rings. The van der Waals surface area contributed by atoms with Gasteiger partial charge in [0.1, 0.15) is 0 Å². The third-order valence-electron chi connectivity index (χ3n) is 4.50. The van der Waals surface area contributed by atoms with Gasteiger partial charge in [0.15, 0.2) is 5.82 Å². The Kier molecular flexibility index (Phi) is 2.69. The van der Waals surface area contributed by atoms with Crippen LogP contribution in [-0.2, 0) is 4.79 Å². The van der Waals surface area contributed by atoms with E-state index in [9.17, 15) is 9.59 Å². The lowest BCUT2D eigenvalue weighted by Crippen LogP contribution is -2.43. The Morgan fingerprint density at radius 3 is 2.50 bits per heavy atom. The minimum absolute atomic E-state index is 0.0696. The topological polar surface area (TPSA) is 74.8 Å². The van der Waals surface area contributed by atoms with E-state index in [0.717, 1.165) is 25.2 Å². The standard InChI is InChI=1S/C13H17N3O2/c17-11-2-1-10(15-16-11)14-12(18)13-6-3-9(4-7-13)5-8-13/h1-2,9H,3-8H2,(H,16,17)(H,14,15,18). The van der Waals surface area contributed by atoms with E-state index in [2.05, 4.69) is 15.5 Å². The molecule has 1 aromatic rings. The molecule has 18 heavy (non-hydrogen) atoms. The number of fused-ring (bicyclic) bond motifs is 3. The van der Waals surface area contributed by atoms with Gasteiger partial charge < -0.3 is 5.32 Å². The predicted octanol–water partition coefficient (Wildman–Crippen LogP) is 1.68. The smallest absolute Gasteiger partial charge is 0.264 e. The molecule has 3 saturated carbocycles. The lowest BCUT2D eigenvalue weighted by Gasteiger charge is -2.45. The van der Waals surface area contributed by atoms with Gasteiger partial charge in [-0.2, -0.15) is 5.10 Å².